The summed E-state index contributed by atoms with van der Waals surface area (Å²) in [4.78, 5) is 42.1. The zero-order valence-corrected chi connectivity index (χ0v) is 20.8. The molecule has 0 saturated carbocycles. The maximum atomic E-state index is 13.3. The van der Waals surface area contributed by atoms with E-state index in [1.165, 1.54) is 28.1 Å². The smallest absolute Gasteiger partial charge is 0.324 e. The number of halogens is 3. The van der Waals surface area contributed by atoms with Crippen LogP contribution < -0.4 is 20.4 Å². The van der Waals surface area contributed by atoms with Crippen LogP contribution in [0.5, 0.6) is 0 Å². The zero-order valence-electron chi connectivity index (χ0n) is 20.8. The largest absolute Gasteiger partial charge is 0.416 e. The molecule has 9 nitrogen and oxygen atoms in total. The van der Waals surface area contributed by atoms with Gasteiger partial charge in [0.1, 0.15) is 5.82 Å². The first kappa shape index (κ1) is 25.6. The van der Waals surface area contributed by atoms with Crippen molar-refractivity contribution >= 4 is 40.8 Å². The molecule has 0 unspecified atom stereocenters. The number of aromatic nitrogens is 3. The number of urea groups is 1. The maximum absolute atomic E-state index is 13.3. The van der Waals surface area contributed by atoms with Crippen molar-refractivity contribution in [1.82, 2.24) is 15.0 Å². The molecular formula is C27H22F3N7O2. The van der Waals surface area contributed by atoms with E-state index in [0.717, 1.165) is 17.8 Å². The highest BCUT2D eigenvalue weighted by Crippen LogP contribution is 2.33. The summed E-state index contributed by atoms with van der Waals surface area (Å²) >= 11 is 0. The molecule has 198 valence electrons. The van der Waals surface area contributed by atoms with E-state index in [4.69, 9.17) is 0 Å². The topological polar surface area (TPSA) is 103 Å². The molecule has 3 heterocycles. The number of hydrogen-bond donors (Lipinski definition) is 2. The van der Waals surface area contributed by atoms with Crippen molar-refractivity contribution in [2.75, 3.05) is 27.5 Å². The first-order chi connectivity index (χ1) is 18.6. The number of aryl methyl sites for hydroxylation is 1. The second-order valence-electron chi connectivity index (χ2n) is 8.82. The lowest BCUT2D eigenvalue weighted by atomic mass is 10.1. The molecule has 0 aliphatic carbocycles. The SMILES string of the molecule is Cc1ncc(NC(=O)c2cccc(C(F)(F)F)c2)cc1N1Cc2cnc(Nc3ccccc3)nc2N(C)C1=O. The number of hydrogen-bond acceptors (Lipinski definition) is 6. The summed E-state index contributed by atoms with van der Waals surface area (Å²) in [5.41, 5.74) is 1.56. The van der Waals surface area contributed by atoms with Crippen molar-refractivity contribution < 1.29 is 22.8 Å². The number of nitrogens with one attached hydrogen (secondary N) is 2. The van der Waals surface area contributed by atoms with Crippen LogP contribution in [0, 0.1) is 6.92 Å². The fourth-order valence-corrected chi connectivity index (χ4v) is 4.11. The Morgan fingerprint density at radius 1 is 0.974 bits per heavy atom. The lowest BCUT2D eigenvalue weighted by molar-refractivity contribution is -0.137. The summed E-state index contributed by atoms with van der Waals surface area (Å²) in [5.74, 6) is 0.0477. The molecule has 0 fully saturated rings. The maximum Gasteiger partial charge on any atom is 0.416 e. The van der Waals surface area contributed by atoms with Gasteiger partial charge in [0.25, 0.3) is 5.91 Å². The zero-order chi connectivity index (χ0) is 27.7. The normalized spacial score (nSPS) is 13.2. The second kappa shape index (κ2) is 10.0. The van der Waals surface area contributed by atoms with Crippen LogP contribution in [0.1, 0.15) is 27.2 Å². The average molecular weight is 534 g/mol. The van der Waals surface area contributed by atoms with Crippen molar-refractivity contribution in [2.24, 2.45) is 0 Å². The van der Waals surface area contributed by atoms with E-state index in [1.54, 1.807) is 26.2 Å². The first-order valence-corrected chi connectivity index (χ1v) is 11.8. The molecule has 4 aromatic rings. The van der Waals surface area contributed by atoms with Crippen LogP contribution in [-0.4, -0.2) is 33.9 Å². The van der Waals surface area contributed by atoms with E-state index in [0.29, 0.717) is 28.7 Å². The van der Waals surface area contributed by atoms with Crippen LogP contribution in [0.4, 0.5) is 46.8 Å². The van der Waals surface area contributed by atoms with Gasteiger partial charge in [0.15, 0.2) is 0 Å². The molecule has 0 atom stereocenters. The van der Waals surface area contributed by atoms with Crippen molar-refractivity contribution in [3.63, 3.8) is 0 Å². The third kappa shape index (κ3) is 5.35. The molecule has 5 rings (SSSR count). The number of amides is 3. The Morgan fingerprint density at radius 2 is 1.74 bits per heavy atom. The van der Waals surface area contributed by atoms with Crippen LogP contribution in [0.3, 0.4) is 0 Å². The summed E-state index contributed by atoms with van der Waals surface area (Å²) < 4.78 is 39.2. The van der Waals surface area contributed by atoms with Gasteiger partial charge in [-0.1, -0.05) is 24.3 Å². The second-order valence-corrected chi connectivity index (χ2v) is 8.82. The number of fused-ring (bicyclic) bond motifs is 1. The van der Waals surface area contributed by atoms with Gasteiger partial charge < -0.3 is 10.6 Å². The summed E-state index contributed by atoms with van der Waals surface area (Å²) in [6, 6.07) is 14.7. The highest BCUT2D eigenvalue weighted by atomic mass is 19.4. The Hall–Kier alpha value is -5.00. The van der Waals surface area contributed by atoms with Gasteiger partial charge in [-0.2, -0.15) is 18.2 Å². The van der Waals surface area contributed by atoms with Crippen molar-refractivity contribution in [2.45, 2.75) is 19.6 Å². The van der Waals surface area contributed by atoms with E-state index >= 15 is 0 Å². The highest BCUT2D eigenvalue weighted by Gasteiger charge is 2.33. The van der Waals surface area contributed by atoms with Crippen molar-refractivity contribution in [1.29, 1.82) is 0 Å². The molecule has 12 heteroatoms. The molecule has 1 aliphatic rings. The van der Waals surface area contributed by atoms with Crippen LogP contribution in [-0.2, 0) is 12.7 Å². The Balaban J connectivity index is 1.38. The number of alkyl halides is 3. The van der Waals surface area contributed by atoms with E-state index in [9.17, 15) is 22.8 Å². The average Bonchev–Trinajstić information content (AvgIpc) is 2.92. The van der Waals surface area contributed by atoms with Gasteiger partial charge in [-0.05, 0) is 43.3 Å². The molecular weight excluding hydrogens is 511 g/mol. The van der Waals surface area contributed by atoms with Gasteiger partial charge in [-0.25, -0.2) is 9.78 Å². The number of carbonyl (C=O) groups excluding carboxylic acids is 2. The van der Waals surface area contributed by atoms with Gasteiger partial charge in [0, 0.05) is 30.1 Å². The minimum Gasteiger partial charge on any atom is -0.324 e. The minimum absolute atomic E-state index is 0.150. The number of nitrogens with zero attached hydrogens (tertiary/aromatic N) is 5. The fraction of sp³-hybridized carbons (Fsp3) is 0.148. The van der Waals surface area contributed by atoms with Gasteiger partial charge in [0.2, 0.25) is 5.95 Å². The monoisotopic (exact) mass is 533 g/mol. The quantitative estimate of drug-likeness (QED) is 0.338. The standard InChI is InChI=1S/C27H22F3N7O2/c1-16-22(12-21(14-31-16)33-24(38)17-7-6-8-19(11-17)27(28,29)30)37-15-18-13-32-25(34-20-9-4-3-5-10-20)35-23(18)36(2)26(37)39/h3-14H,15H2,1-2H3,(H,33,38)(H,32,34,35). The van der Waals surface area contributed by atoms with E-state index in [1.807, 2.05) is 30.3 Å². The Kier molecular flexibility index (Phi) is 6.60. The van der Waals surface area contributed by atoms with Crippen molar-refractivity contribution in [3.8, 4) is 0 Å². The molecule has 39 heavy (non-hydrogen) atoms. The number of benzene rings is 2. The Labute approximate surface area is 221 Å². The van der Waals surface area contributed by atoms with Crippen LogP contribution in [0.2, 0.25) is 0 Å². The minimum atomic E-state index is -4.58. The lowest BCUT2D eigenvalue weighted by Crippen LogP contribution is -2.46. The Morgan fingerprint density at radius 3 is 2.49 bits per heavy atom. The number of pyridine rings is 1. The number of carbonyl (C=O) groups is 2. The molecule has 0 bridgehead atoms. The van der Waals surface area contributed by atoms with Crippen LogP contribution >= 0.6 is 0 Å². The summed E-state index contributed by atoms with van der Waals surface area (Å²) in [6.45, 7) is 1.86. The molecule has 2 aromatic heterocycles. The summed E-state index contributed by atoms with van der Waals surface area (Å²) in [5, 5.41) is 5.67. The third-order valence-corrected chi connectivity index (χ3v) is 6.10. The molecule has 2 N–H and O–H groups in total. The first-order valence-electron chi connectivity index (χ1n) is 11.8. The third-order valence-electron chi connectivity index (χ3n) is 6.10. The molecule has 0 saturated heterocycles. The van der Waals surface area contributed by atoms with E-state index in [2.05, 4.69) is 25.6 Å². The predicted molar refractivity (Wildman–Crippen MR) is 140 cm³/mol. The molecule has 0 radical (unpaired) electrons. The molecule has 2 aromatic carbocycles. The van der Waals surface area contributed by atoms with Crippen molar-refractivity contribution in [3.05, 3.63) is 95.4 Å². The van der Waals surface area contributed by atoms with Gasteiger partial charge in [0.05, 0.1) is 35.4 Å². The summed E-state index contributed by atoms with van der Waals surface area (Å²) in [7, 11) is 1.59. The molecule has 1 aliphatic heterocycles. The van der Waals surface area contributed by atoms with Crippen LogP contribution in [0.15, 0.2) is 73.1 Å². The van der Waals surface area contributed by atoms with E-state index < -0.39 is 17.6 Å². The van der Waals surface area contributed by atoms with E-state index in [-0.39, 0.29) is 23.8 Å². The molecule has 3 amide bonds. The van der Waals surface area contributed by atoms with Gasteiger partial charge in [-0.15, -0.1) is 0 Å². The summed E-state index contributed by atoms with van der Waals surface area (Å²) in [6.07, 6.45) is -1.57. The lowest BCUT2D eigenvalue weighted by Gasteiger charge is -2.34. The highest BCUT2D eigenvalue weighted by molar-refractivity contribution is 6.07. The van der Waals surface area contributed by atoms with Crippen LogP contribution in [0.25, 0.3) is 0 Å². The predicted octanol–water partition coefficient (Wildman–Crippen LogP) is 5.77. The van der Waals surface area contributed by atoms with Gasteiger partial charge >= 0.3 is 12.2 Å². The number of anilines is 5. The fourth-order valence-electron chi connectivity index (χ4n) is 4.11. The number of rotatable bonds is 5. The number of para-hydroxylation sites is 1. The Bertz CT molecular complexity index is 1560. The molecule has 0 spiro atoms. The van der Waals surface area contributed by atoms with Gasteiger partial charge in [-0.3, -0.25) is 19.6 Å².